The second-order valence-electron chi connectivity index (χ2n) is 5.87. The van der Waals surface area contributed by atoms with Gasteiger partial charge in [-0.1, -0.05) is 60.1 Å². The molecular formula is C25H18O3. The summed E-state index contributed by atoms with van der Waals surface area (Å²) in [5, 5.41) is 10.6. The van der Waals surface area contributed by atoms with Gasteiger partial charge in [0.25, 0.3) is 0 Å². The second kappa shape index (κ2) is 9.12. The van der Waals surface area contributed by atoms with Crippen molar-refractivity contribution in [1.82, 2.24) is 0 Å². The summed E-state index contributed by atoms with van der Waals surface area (Å²) in [6.07, 6.45) is 0. The van der Waals surface area contributed by atoms with Gasteiger partial charge in [0.1, 0.15) is 5.75 Å². The Balaban J connectivity index is 2.06. The van der Waals surface area contributed by atoms with Crippen molar-refractivity contribution < 1.29 is 14.6 Å². The SMILES string of the molecule is CCOC(=O)c1cc(C#Cc2ccccc2)c(O)c(C#Cc2ccccc2)c1. The zero-order valence-electron chi connectivity index (χ0n) is 15.4. The lowest BCUT2D eigenvalue weighted by Crippen LogP contribution is -2.05. The maximum Gasteiger partial charge on any atom is 0.338 e. The molecule has 0 spiro atoms. The minimum absolute atomic E-state index is 0.0556. The van der Waals surface area contributed by atoms with E-state index in [2.05, 4.69) is 23.7 Å². The molecule has 0 aliphatic heterocycles. The summed E-state index contributed by atoms with van der Waals surface area (Å²) >= 11 is 0. The summed E-state index contributed by atoms with van der Waals surface area (Å²) in [4.78, 5) is 12.2. The number of esters is 1. The molecule has 3 rings (SSSR count). The predicted octanol–water partition coefficient (Wildman–Crippen LogP) is 4.37. The average molecular weight is 366 g/mol. The van der Waals surface area contributed by atoms with Crippen LogP contribution in [0.15, 0.2) is 72.8 Å². The van der Waals surface area contributed by atoms with Gasteiger partial charge in [0, 0.05) is 11.1 Å². The molecule has 3 aromatic carbocycles. The second-order valence-corrected chi connectivity index (χ2v) is 5.87. The minimum atomic E-state index is -0.479. The van der Waals surface area contributed by atoms with Crippen molar-refractivity contribution in [3.8, 4) is 29.4 Å². The van der Waals surface area contributed by atoms with E-state index in [-0.39, 0.29) is 12.4 Å². The first-order valence-electron chi connectivity index (χ1n) is 8.85. The lowest BCUT2D eigenvalue weighted by molar-refractivity contribution is 0.0526. The van der Waals surface area contributed by atoms with E-state index in [0.717, 1.165) is 11.1 Å². The van der Waals surface area contributed by atoms with Gasteiger partial charge in [-0.25, -0.2) is 4.79 Å². The van der Waals surface area contributed by atoms with Crippen LogP contribution >= 0.6 is 0 Å². The third-order valence-corrected chi connectivity index (χ3v) is 3.85. The van der Waals surface area contributed by atoms with Crippen molar-refractivity contribution in [3.63, 3.8) is 0 Å². The maximum absolute atomic E-state index is 12.2. The largest absolute Gasteiger partial charge is 0.505 e. The van der Waals surface area contributed by atoms with Crippen molar-refractivity contribution >= 4 is 5.97 Å². The van der Waals surface area contributed by atoms with Crippen LogP contribution in [0.25, 0.3) is 0 Å². The molecule has 0 radical (unpaired) electrons. The Morgan fingerprint density at radius 1 is 0.821 bits per heavy atom. The molecule has 3 nitrogen and oxygen atoms in total. The molecule has 3 aromatic rings. The van der Waals surface area contributed by atoms with Crippen molar-refractivity contribution in [3.05, 3.63) is 101 Å². The van der Waals surface area contributed by atoms with E-state index in [1.807, 2.05) is 60.7 Å². The van der Waals surface area contributed by atoms with Crippen molar-refractivity contribution in [2.24, 2.45) is 0 Å². The normalized spacial score (nSPS) is 9.46. The number of phenolic OH excluding ortho intramolecular Hbond substituents is 1. The minimum Gasteiger partial charge on any atom is -0.505 e. The van der Waals surface area contributed by atoms with E-state index in [9.17, 15) is 9.90 Å². The molecular weight excluding hydrogens is 348 g/mol. The van der Waals surface area contributed by atoms with Crippen LogP contribution < -0.4 is 0 Å². The van der Waals surface area contributed by atoms with Crippen LogP contribution in [-0.2, 0) is 4.74 Å². The third kappa shape index (κ3) is 4.81. The molecule has 0 aliphatic carbocycles. The first kappa shape index (κ1) is 18.8. The number of aromatic hydroxyl groups is 1. The number of carbonyl (C=O) groups excluding carboxylic acids is 1. The van der Waals surface area contributed by atoms with Crippen LogP contribution in [0.3, 0.4) is 0 Å². The van der Waals surface area contributed by atoms with Crippen molar-refractivity contribution in [1.29, 1.82) is 0 Å². The van der Waals surface area contributed by atoms with E-state index >= 15 is 0 Å². The zero-order valence-corrected chi connectivity index (χ0v) is 15.4. The average Bonchev–Trinajstić information content (AvgIpc) is 2.73. The summed E-state index contributed by atoms with van der Waals surface area (Å²) in [6, 6.07) is 21.9. The lowest BCUT2D eigenvalue weighted by Gasteiger charge is -2.06. The number of carbonyl (C=O) groups is 1. The lowest BCUT2D eigenvalue weighted by atomic mass is 10.0. The van der Waals surface area contributed by atoms with Crippen LogP contribution in [-0.4, -0.2) is 17.7 Å². The van der Waals surface area contributed by atoms with Gasteiger partial charge in [-0.05, 0) is 43.3 Å². The highest BCUT2D eigenvalue weighted by atomic mass is 16.5. The fourth-order valence-electron chi connectivity index (χ4n) is 2.48. The highest BCUT2D eigenvalue weighted by Crippen LogP contribution is 2.24. The molecule has 0 saturated heterocycles. The molecule has 136 valence electrons. The van der Waals surface area contributed by atoms with E-state index in [4.69, 9.17) is 4.74 Å². The Hall–Kier alpha value is -3.95. The van der Waals surface area contributed by atoms with Crippen LogP contribution in [0.2, 0.25) is 0 Å². The number of hydrogen-bond acceptors (Lipinski definition) is 3. The molecule has 28 heavy (non-hydrogen) atoms. The number of hydrogen-bond donors (Lipinski definition) is 1. The molecule has 0 bridgehead atoms. The van der Waals surface area contributed by atoms with Gasteiger partial charge in [-0.15, -0.1) is 0 Å². The summed E-state index contributed by atoms with van der Waals surface area (Å²) < 4.78 is 5.09. The van der Waals surface area contributed by atoms with Gasteiger partial charge in [-0.2, -0.15) is 0 Å². The fourth-order valence-corrected chi connectivity index (χ4v) is 2.48. The zero-order chi connectivity index (χ0) is 19.8. The summed E-state index contributed by atoms with van der Waals surface area (Å²) in [5.41, 5.74) is 2.56. The predicted molar refractivity (Wildman–Crippen MR) is 109 cm³/mol. The molecule has 1 N–H and O–H groups in total. The smallest absolute Gasteiger partial charge is 0.338 e. The molecule has 3 heteroatoms. The van der Waals surface area contributed by atoms with Gasteiger partial charge in [0.15, 0.2) is 0 Å². The first-order valence-corrected chi connectivity index (χ1v) is 8.85. The molecule has 0 atom stereocenters. The monoisotopic (exact) mass is 366 g/mol. The van der Waals surface area contributed by atoms with Gasteiger partial charge in [-0.3, -0.25) is 0 Å². The maximum atomic E-state index is 12.2. The van der Waals surface area contributed by atoms with E-state index in [1.165, 1.54) is 12.1 Å². The summed E-state index contributed by atoms with van der Waals surface area (Å²) in [6.45, 7) is 2.00. The molecule has 0 saturated carbocycles. The Bertz CT molecular complexity index is 1010. The first-order chi connectivity index (χ1) is 13.7. The Morgan fingerprint density at radius 2 is 1.29 bits per heavy atom. The van der Waals surface area contributed by atoms with Crippen LogP contribution in [0, 0.1) is 23.7 Å². The Morgan fingerprint density at radius 3 is 1.71 bits per heavy atom. The summed E-state index contributed by atoms with van der Waals surface area (Å²) in [7, 11) is 0. The van der Waals surface area contributed by atoms with E-state index in [1.54, 1.807) is 6.92 Å². The Kier molecular flexibility index (Phi) is 6.13. The standard InChI is InChI=1S/C25H18O3/c1-2-28-25(27)23-17-21(15-13-19-9-5-3-6-10-19)24(26)22(18-23)16-14-20-11-7-4-8-12-20/h3-12,17-18,26H,2H2,1H3. The van der Waals surface area contributed by atoms with E-state index in [0.29, 0.717) is 16.7 Å². The number of rotatable bonds is 2. The number of benzene rings is 3. The van der Waals surface area contributed by atoms with Gasteiger partial charge < -0.3 is 9.84 Å². The molecule has 0 unspecified atom stereocenters. The van der Waals surface area contributed by atoms with Crippen molar-refractivity contribution in [2.45, 2.75) is 6.92 Å². The van der Waals surface area contributed by atoms with E-state index < -0.39 is 5.97 Å². The fraction of sp³-hybridized carbons (Fsp3) is 0.0800. The van der Waals surface area contributed by atoms with Crippen LogP contribution in [0.4, 0.5) is 0 Å². The van der Waals surface area contributed by atoms with Gasteiger partial charge in [0.05, 0.1) is 23.3 Å². The third-order valence-electron chi connectivity index (χ3n) is 3.85. The molecule has 0 aliphatic rings. The summed E-state index contributed by atoms with van der Waals surface area (Å²) in [5.74, 6) is 11.3. The molecule has 0 amide bonds. The Labute approximate surface area is 164 Å². The number of ether oxygens (including phenoxy) is 1. The highest BCUT2D eigenvalue weighted by molar-refractivity contribution is 5.91. The van der Waals surface area contributed by atoms with Crippen molar-refractivity contribution in [2.75, 3.05) is 6.61 Å². The highest BCUT2D eigenvalue weighted by Gasteiger charge is 2.13. The molecule has 0 aromatic heterocycles. The topological polar surface area (TPSA) is 46.5 Å². The van der Waals surface area contributed by atoms with Gasteiger partial charge >= 0.3 is 5.97 Å². The number of phenols is 1. The van der Waals surface area contributed by atoms with Crippen LogP contribution in [0.1, 0.15) is 39.5 Å². The molecule has 0 heterocycles. The quantitative estimate of drug-likeness (QED) is 0.541. The van der Waals surface area contributed by atoms with Gasteiger partial charge in [0.2, 0.25) is 0 Å². The van der Waals surface area contributed by atoms with Crippen LogP contribution in [0.5, 0.6) is 5.75 Å². The molecule has 0 fully saturated rings.